The van der Waals surface area contributed by atoms with Gasteiger partial charge in [-0.25, -0.2) is 14.4 Å². The van der Waals surface area contributed by atoms with E-state index < -0.39 is 76.4 Å². The lowest BCUT2D eigenvalue weighted by Crippen LogP contribution is -2.71. The molecule has 11 atom stereocenters. The van der Waals surface area contributed by atoms with E-state index in [2.05, 4.69) is 0 Å². The minimum absolute atomic E-state index is 0.00885. The van der Waals surface area contributed by atoms with Crippen LogP contribution < -0.4 is 0 Å². The van der Waals surface area contributed by atoms with Gasteiger partial charge in [-0.1, -0.05) is 26.0 Å². The van der Waals surface area contributed by atoms with Crippen molar-refractivity contribution in [2.24, 2.45) is 16.7 Å². The van der Waals surface area contributed by atoms with Gasteiger partial charge in [0.05, 0.1) is 36.9 Å². The maximum absolute atomic E-state index is 13.0. The van der Waals surface area contributed by atoms with Gasteiger partial charge in [0.15, 0.2) is 6.10 Å². The minimum atomic E-state index is -1.45. The van der Waals surface area contributed by atoms with Gasteiger partial charge < -0.3 is 38.6 Å². The van der Waals surface area contributed by atoms with Crippen LogP contribution in [-0.4, -0.2) is 95.8 Å². The molecule has 2 bridgehead atoms. The van der Waals surface area contributed by atoms with Crippen LogP contribution in [0.2, 0.25) is 0 Å². The summed E-state index contributed by atoms with van der Waals surface area (Å²) in [5.74, 6) is -2.60. The maximum atomic E-state index is 13.0. The first-order valence-corrected chi connectivity index (χ1v) is 13.2. The van der Waals surface area contributed by atoms with E-state index in [0.29, 0.717) is 13.0 Å². The van der Waals surface area contributed by atoms with Gasteiger partial charge in [-0.2, -0.15) is 0 Å². The molecule has 0 aromatic rings. The Hall–Kier alpha value is -2.31. The Labute approximate surface area is 220 Å². The van der Waals surface area contributed by atoms with Crippen LogP contribution in [0, 0.1) is 16.7 Å². The average Bonchev–Trinajstić information content (AvgIpc) is 3.78. The summed E-state index contributed by atoms with van der Waals surface area (Å²) in [6, 6.07) is 0. The molecule has 208 valence electrons. The van der Waals surface area contributed by atoms with Crippen molar-refractivity contribution in [3.8, 4) is 0 Å². The van der Waals surface area contributed by atoms with Crippen molar-refractivity contribution < 1.29 is 53.0 Å². The van der Waals surface area contributed by atoms with Gasteiger partial charge in [-0.15, -0.1) is 0 Å². The molecule has 38 heavy (non-hydrogen) atoms. The first-order chi connectivity index (χ1) is 18.0. The molecule has 6 rings (SSSR count). The Kier molecular flexibility index (Phi) is 5.87. The van der Waals surface area contributed by atoms with Crippen LogP contribution >= 0.6 is 0 Å². The highest BCUT2D eigenvalue weighted by molar-refractivity contribution is 5.84. The van der Waals surface area contributed by atoms with Crippen molar-refractivity contribution in [2.75, 3.05) is 19.8 Å². The predicted octanol–water partition coefficient (Wildman–Crippen LogP) is 0.353. The topological polar surface area (TPSA) is 154 Å². The van der Waals surface area contributed by atoms with Crippen LogP contribution in [0.5, 0.6) is 0 Å². The summed E-state index contributed by atoms with van der Waals surface area (Å²) in [6.45, 7) is 5.64. The summed E-state index contributed by atoms with van der Waals surface area (Å²) in [4.78, 5) is 37.8. The third-order valence-corrected chi connectivity index (χ3v) is 10.1. The summed E-state index contributed by atoms with van der Waals surface area (Å²) >= 11 is 0. The van der Waals surface area contributed by atoms with Crippen LogP contribution in [-0.2, 0) is 42.8 Å². The first-order valence-electron chi connectivity index (χ1n) is 13.2. The number of aliphatic hydroxyl groups excluding tert-OH is 2. The third-order valence-electron chi connectivity index (χ3n) is 10.1. The van der Waals surface area contributed by atoms with Gasteiger partial charge in [0.2, 0.25) is 0 Å². The first kappa shape index (κ1) is 25.9. The Morgan fingerprint density at radius 1 is 0.947 bits per heavy atom. The van der Waals surface area contributed by atoms with Crippen molar-refractivity contribution in [2.45, 2.75) is 87.9 Å². The van der Waals surface area contributed by atoms with E-state index in [0.717, 1.165) is 0 Å². The maximum Gasteiger partial charge on any atom is 0.335 e. The predicted molar refractivity (Wildman–Crippen MR) is 126 cm³/mol. The van der Waals surface area contributed by atoms with Crippen LogP contribution in [0.4, 0.5) is 0 Å². The minimum Gasteiger partial charge on any atom is -0.463 e. The fraction of sp³-hybridized carbons (Fsp3) is 0.741. The Bertz CT molecular complexity index is 1100. The summed E-state index contributed by atoms with van der Waals surface area (Å²) in [5.41, 5.74) is -3.47. The summed E-state index contributed by atoms with van der Waals surface area (Å²) in [5, 5.41) is 21.9. The van der Waals surface area contributed by atoms with Gasteiger partial charge in [0, 0.05) is 24.0 Å². The smallest absolute Gasteiger partial charge is 0.335 e. The van der Waals surface area contributed by atoms with E-state index in [-0.39, 0.29) is 32.2 Å². The number of hydrogen-bond donors (Lipinski definition) is 2. The Morgan fingerprint density at radius 3 is 2.37 bits per heavy atom. The lowest BCUT2D eigenvalue weighted by molar-refractivity contribution is -0.261. The number of carbonyl (C=O) groups excluding carboxylic acids is 3. The van der Waals surface area contributed by atoms with Gasteiger partial charge in [-0.05, 0) is 25.7 Å². The highest BCUT2D eigenvalue weighted by Gasteiger charge is 2.87. The largest absolute Gasteiger partial charge is 0.463 e. The summed E-state index contributed by atoms with van der Waals surface area (Å²) < 4.78 is 35.5. The highest BCUT2D eigenvalue weighted by Crippen LogP contribution is 2.75. The van der Waals surface area contributed by atoms with Gasteiger partial charge in [0.1, 0.15) is 30.0 Å². The zero-order valence-corrected chi connectivity index (χ0v) is 21.7. The lowest BCUT2D eigenvalue weighted by Gasteiger charge is -2.59. The number of carbonyl (C=O) groups is 3. The molecule has 0 radical (unpaired) electrons. The second-order valence-corrected chi connectivity index (χ2v) is 11.9. The molecule has 2 spiro atoms. The van der Waals surface area contributed by atoms with Gasteiger partial charge >= 0.3 is 17.9 Å². The molecule has 11 nitrogen and oxygen atoms in total. The lowest BCUT2D eigenvalue weighted by atomic mass is 9.49. The number of ether oxygens (including phenoxy) is 6. The normalized spacial score (nSPS) is 53.0. The number of cyclic esters (lactones) is 2. The van der Waals surface area contributed by atoms with E-state index in [4.69, 9.17) is 28.4 Å². The number of hydrogen-bond acceptors (Lipinski definition) is 11. The van der Waals surface area contributed by atoms with Crippen molar-refractivity contribution in [1.82, 2.24) is 0 Å². The van der Waals surface area contributed by atoms with Crippen LogP contribution in [0.1, 0.15) is 40.0 Å². The molecular weight excluding hydrogens is 500 g/mol. The quantitative estimate of drug-likeness (QED) is 0.251. The van der Waals surface area contributed by atoms with E-state index in [1.54, 1.807) is 6.92 Å². The number of fused-ring (bicyclic) bond motifs is 2. The number of epoxide rings is 2. The van der Waals surface area contributed by atoms with Crippen molar-refractivity contribution >= 4 is 17.9 Å². The Morgan fingerprint density at radius 2 is 1.66 bits per heavy atom. The summed E-state index contributed by atoms with van der Waals surface area (Å²) in [7, 11) is 0. The Balaban J connectivity index is 1.39. The fourth-order valence-corrected chi connectivity index (χ4v) is 7.38. The number of aliphatic hydroxyl groups is 2. The van der Waals surface area contributed by atoms with Gasteiger partial charge in [0.25, 0.3) is 0 Å². The molecule has 5 fully saturated rings. The second kappa shape index (κ2) is 8.59. The molecule has 4 aliphatic heterocycles. The number of rotatable bonds is 0. The molecule has 0 aromatic carbocycles. The molecule has 11 heteroatoms. The molecule has 2 N–H and O–H groups in total. The van der Waals surface area contributed by atoms with Crippen LogP contribution in [0.25, 0.3) is 0 Å². The molecule has 6 aliphatic rings. The van der Waals surface area contributed by atoms with Crippen molar-refractivity contribution in [3.05, 3.63) is 24.3 Å². The average molecular weight is 535 g/mol. The van der Waals surface area contributed by atoms with E-state index >= 15 is 0 Å². The molecule has 11 unspecified atom stereocenters. The highest BCUT2D eigenvalue weighted by atomic mass is 16.7. The SMILES string of the molecule is CC1CCOC(=O)/C=C/C=CC(=O)OC2CC3OC4C5OC5(C)C(O)CC4(COC(=O)C1O)C2(C)C31CO1. The second-order valence-electron chi connectivity index (χ2n) is 11.9. The van der Waals surface area contributed by atoms with E-state index in [1.807, 2.05) is 13.8 Å². The van der Waals surface area contributed by atoms with E-state index in [1.165, 1.54) is 24.3 Å². The monoisotopic (exact) mass is 534 g/mol. The standard InChI is InChI=1S/C27H34O11/c1-14-8-9-33-18(29)6-4-5-7-19(30)36-16-10-17-27(13-35-27)25(16,3)26(12-34-23(32)20(14)31)11-15(28)24(2)21(38-24)22(26)37-17/h4-7,14-17,20-22,28,31H,8-13H2,1-3H3/b6-4+,7-5?. The third kappa shape index (κ3) is 3.48. The molecule has 3 saturated heterocycles. The molecule has 0 amide bonds. The summed E-state index contributed by atoms with van der Waals surface area (Å²) in [6.07, 6.45) is 1.58. The number of esters is 3. The zero-order chi connectivity index (χ0) is 27.1. The van der Waals surface area contributed by atoms with Gasteiger partial charge in [-0.3, -0.25) is 0 Å². The fourth-order valence-electron chi connectivity index (χ4n) is 7.38. The molecular formula is C27H34O11. The molecule has 0 aromatic heterocycles. The van der Waals surface area contributed by atoms with Crippen LogP contribution in [0.15, 0.2) is 24.3 Å². The van der Waals surface area contributed by atoms with E-state index in [9.17, 15) is 24.6 Å². The van der Waals surface area contributed by atoms with Crippen LogP contribution in [0.3, 0.4) is 0 Å². The molecule has 2 aliphatic carbocycles. The van der Waals surface area contributed by atoms with Crippen molar-refractivity contribution in [3.63, 3.8) is 0 Å². The van der Waals surface area contributed by atoms with Crippen molar-refractivity contribution in [1.29, 1.82) is 0 Å². The number of allylic oxidation sites excluding steroid dienone is 2. The molecule has 4 heterocycles. The molecule has 2 saturated carbocycles. The zero-order valence-electron chi connectivity index (χ0n) is 21.7.